The van der Waals surface area contributed by atoms with E-state index in [1.54, 1.807) is 6.20 Å². The Hall–Kier alpha value is -1.03. The van der Waals surface area contributed by atoms with Crippen LogP contribution in [-0.4, -0.2) is 8.96 Å². The van der Waals surface area contributed by atoms with Crippen LogP contribution in [0.2, 0.25) is 0 Å². The van der Waals surface area contributed by atoms with Gasteiger partial charge in [-0.25, -0.2) is 0 Å². The normalized spacial score (nSPS) is 15.7. The second kappa shape index (κ2) is 5.08. The first-order valence-corrected chi connectivity index (χ1v) is 5.93. The molecule has 1 aromatic rings. The molecule has 2 rings (SSSR count). The maximum Gasteiger partial charge on any atom is 0.252 e. The maximum atomic E-state index is 5.67. The van der Waals surface area contributed by atoms with Crippen molar-refractivity contribution in [2.75, 3.05) is 0 Å². The predicted molar refractivity (Wildman–Crippen MR) is 69.9 cm³/mol. The van der Waals surface area contributed by atoms with Crippen molar-refractivity contribution >= 4 is 40.9 Å². The molecule has 90 valence electrons. The first-order valence-electron chi connectivity index (χ1n) is 4.80. The second-order valence-corrected chi connectivity index (χ2v) is 5.56. The van der Waals surface area contributed by atoms with Crippen molar-refractivity contribution in [3.63, 3.8) is 0 Å². The van der Waals surface area contributed by atoms with Crippen LogP contribution >= 0.6 is 34.8 Å². The summed E-state index contributed by atoms with van der Waals surface area (Å²) in [6.07, 6.45) is 5.04. The average molecular weight is 292 g/mol. The molecule has 1 aromatic carbocycles. The van der Waals surface area contributed by atoms with E-state index in [1.165, 1.54) is 11.4 Å². The van der Waals surface area contributed by atoms with Gasteiger partial charge in [0.2, 0.25) is 5.76 Å². The number of hydrazine groups is 1. The number of hydrogen-bond acceptors (Lipinski definition) is 3. The Morgan fingerprint density at radius 1 is 1.18 bits per heavy atom. The molecule has 1 N–H and O–H groups in total. The highest BCUT2D eigenvalue weighted by Gasteiger charge is 2.32. The smallest absolute Gasteiger partial charge is 0.252 e. The monoisotopic (exact) mass is 290 g/mol. The molecule has 0 saturated carbocycles. The summed E-state index contributed by atoms with van der Waals surface area (Å²) in [5, 5.41) is 1.35. The van der Waals surface area contributed by atoms with Gasteiger partial charge in [-0.05, 0) is 11.6 Å². The van der Waals surface area contributed by atoms with Gasteiger partial charge in [0.25, 0.3) is 3.79 Å². The molecule has 0 radical (unpaired) electrons. The summed E-state index contributed by atoms with van der Waals surface area (Å²) in [4.78, 5) is 5.25. The van der Waals surface area contributed by atoms with Gasteiger partial charge < -0.3 is 4.84 Å². The molecular weight excluding hydrogens is 282 g/mol. The van der Waals surface area contributed by atoms with Gasteiger partial charge in [0.05, 0.1) is 12.4 Å². The van der Waals surface area contributed by atoms with Gasteiger partial charge in [0.1, 0.15) is 0 Å². The van der Waals surface area contributed by atoms with Crippen LogP contribution in [0, 0.1) is 0 Å². The molecule has 0 spiro atoms. The lowest BCUT2D eigenvalue weighted by Gasteiger charge is -2.15. The van der Waals surface area contributed by atoms with Crippen LogP contribution < -0.4 is 5.43 Å². The van der Waals surface area contributed by atoms with Crippen molar-refractivity contribution < 1.29 is 4.84 Å². The molecule has 1 aliphatic rings. The zero-order valence-corrected chi connectivity index (χ0v) is 10.9. The van der Waals surface area contributed by atoms with Crippen LogP contribution in [-0.2, 0) is 4.84 Å². The van der Waals surface area contributed by atoms with Crippen molar-refractivity contribution in [1.82, 2.24) is 10.6 Å². The number of nitrogens with one attached hydrogen (secondary N) is 1. The highest BCUT2D eigenvalue weighted by atomic mass is 35.6. The molecule has 17 heavy (non-hydrogen) atoms. The van der Waals surface area contributed by atoms with Crippen LogP contribution in [0.5, 0.6) is 0 Å². The fourth-order valence-electron chi connectivity index (χ4n) is 1.21. The Labute approximate surface area is 114 Å². The van der Waals surface area contributed by atoms with Crippen molar-refractivity contribution in [3.05, 3.63) is 54.1 Å². The van der Waals surface area contributed by atoms with Crippen LogP contribution in [0.1, 0.15) is 5.56 Å². The largest absolute Gasteiger partial charge is 0.358 e. The third-order valence-corrected chi connectivity index (χ3v) is 2.56. The molecule has 0 unspecified atom stereocenters. The molecule has 0 amide bonds. The van der Waals surface area contributed by atoms with Crippen LogP contribution in [0.25, 0.3) is 6.08 Å². The molecule has 0 saturated heterocycles. The predicted octanol–water partition coefficient (Wildman–Crippen LogP) is 3.62. The van der Waals surface area contributed by atoms with E-state index in [0.717, 1.165) is 5.56 Å². The Bertz CT molecular complexity index is 440. The summed E-state index contributed by atoms with van der Waals surface area (Å²) >= 11 is 17.0. The zero-order chi connectivity index (χ0) is 12.3. The van der Waals surface area contributed by atoms with E-state index < -0.39 is 3.79 Å². The number of halogens is 3. The lowest BCUT2D eigenvalue weighted by Crippen LogP contribution is -2.23. The summed E-state index contributed by atoms with van der Waals surface area (Å²) in [5.41, 5.74) is 3.83. The highest BCUT2D eigenvalue weighted by Crippen LogP contribution is 2.36. The molecule has 6 heteroatoms. The quantitative estimate of drug-likeness (QED) is 0.842. The maximum absolute atomic E-state index is 5.67. The minimum Gasteiger partial charge on any atom is -0.358 e. The van der Waals surface area contributed by atoms with Gasteiger partial charge in [-0.1, -0.05) is 65.1 Å². The SMILES string of the molecule is ClC(Cl)(Cl)C1=CNN(/C=C/c2ccccc2)O1. The van der Waals surface area contributed by atoms with Gasteiger partial charge in [0.15, 0.2) is 0 Å². The number of hydrogen-bond donors (Lipinski definition) is 1. The molecule has 0 bridgehead atoms. The summed E-state index contributed by atoms with van der Waals surface area (Å²) in [6.45, 7) is 0. The Morgan fingerprint density at radius 3 is 2.47 bits per heavy atom. The summed E-state index contributed by atoms with van der Waals surface area (Å²) in [5.74, 6) is 0.222. The van der Waals surface area contributed by atoms with E-state index >= 15 is 0 Å². The van der Waals surface area contributed by atoms with Crippen LogP contribution in [0.3, 0.4) is 0 Å². The highest BCUT2D eigenvalue weighted by molar-refractivity contribution is 6.69. The molecule has 1 heterocycles. The van der Waals surface area contributed by atoms with E-state index in [9.17, 15) is 0 Å². The summed E-state index contributed by atoms with van der Waals surface area (Å²) < 4.78 is -1.57. The Balaban J connectivity index is 1.94. The Kier molecular flexibility index (Phi) is 3.72. The second-order valence-electron chi connectivity index (χ2n) is 3.28. The number of hydroxylamine groups is 1. The number of allylic oxidation sites excluding steroid dienone is 1. The van der Waals surface area contributed by atoms with E-state index in [-0.39, 0.29) is 5.76 Å². The standard InChI is InChI=1S/C11H9Cl3N2O/c12-11(13,14)10-8-15-16(17-10)7-6-9-4-2-1-3-5-9/h1-8,15H/b7-6+. The third kappa shape index (κ3) is 3.46. The fraction of sp³-hybridized carbons (Fsp3) is 0.0909. The molecule has 0 fully saturated rings. The van der Waals surface area contributed by atoms with E-state index in [2.05, 4.69) is 5.43 Å². The van der Waals surface area contributed by atoms with Gasteiger partial charge in [-0.3, -0.25) is 5.43 Å². The van der Waals surface area contributed by atoms with Gasteiger partial charge in [0, 0.05) is 0 Å². The van der Waals surface area contributed by atoms with Gasteiger partial charge >= 0.3 is 0 Å². The lowest BCUT2D eigenvalue weighted by atomic mass is 10.2. The van der Waals surface area contributed by atoms with Crippen molar-refractivity contribution in [2.24, 2.45) is 0 Å². The number of alkyl halides is 3. The zero-order valence-electron chi connectivity index (χ0n) is 8.61. The average Bonchev–Trinajstić information content (AvgIpc) is 2.76. The van der Waals surface area contributed by atoms with E-state index in [0.29, 0.717) is 0 Å². The Morgan fingerprint density at radius 2 is 1.88 bits per heavy atom. The molecule has 3 nitrogen and oxygen atoms in total. The number of nitrogens with zero attached hydrogens (tertiary/aromatic N) is 1. The summed E-state index contributed by atoms with van der Waals surface area (Å²) in [6, 6.07) is 9.78. The van der Waals surface area contributed by atoms with Crippen LogP contribution in [0.15, 0.2) is 48.5 Å². The number of benzene rings is 1. The minimum atomic E-state index is -1.57. The van der Waals surface area contributed by atoms with Crippen molar-refractivity contribution in [3.8, 4) is 0 Å². The van der Waals surface area contributed by atoms with Crippen LogP contribution in [0.4, 0.5) is 0 Å². The first kappa shape index (κ1) is 12.4. The molecule has 0 atom stereocenters. The first-order chi connectivity index (χ1) is 8.05. The van der Waals surface area contributed by atoms with Crippen molar-refractivity contribution in [1.29, 1.82) is 0 Å². The van der Waals surface area contributed by atoms with Gasteiger partial charge in [-0.2, -0.15) is 0 Å². The minimum absolute atomic E-state index is 0.222. The summed E-state index contributed by atoms with van der Waals surface area (Å²) in [7, 11) is 0. The number of rotatable bonds is 2. The molecule has 0 aliphatic carbocycles. The fourth-order valence-corrected chi connectivity index (χ4v) is 1.47. The topological polar surface area (TPSA) is 24.5 Å². The van der Waals surface area contributed by atoms with Crippen molar-refractivity contribution in [2.45, 2.75) is 3.79 Å². The molecular formula is C11H9Cl3N2O. The lowest BCUT2D eigenvalue weighted by molar-refractivity contribution is -0.0801. The third-order valence-electron chi connectivity index (χ3n) is 2.00. The molecule has 0 aromatic heterocycles. The van der Waals surface area contributed by atoms with E-state index in [1.807, 2.05) is 36.4 Å². The van der Waals surface area contributed by atoms with Gasteiger partial charge in [-0.15, -0.1) is 5.17 Å². The molecule has 1 aliphatic heterocycles. The van der Waals surface area contributed by atoms with E-state index in [4.69, 9.17) is 39.6 Å².